The molecule has 0 aliphatic heterocycles. The fraction of sp³-hybridized carbons (Fsp3) is 0.556. The van der Waals surface area contributed by atoms with Crippen LogP contribution >= 0.6 is 0 Å². The van der Waals surface area contributed by atoms with Gasteiger partial charge in [0.15, 0.2) is 0 Å². The molecule has 23 heavy (non-hydrogen) atoms. The minimum absolute atomic E-state index is 0.0954. The molecule has 0 unspecified atom stereocenters. The number of hydrogen-bond acceptors (Lipinski definition) is 3. The Labute approximate surface area is 136 Å². The van der Waals surface area contributed by atoms with Gasteiger partial charge in [-0.25, -0.2) is 0 Å². The maximum Gasteiger partial charge on any atom is 0.235 e. The van der Waals surface area contributed by atoms with E-state index in [-0.39, 0.29) is 17.9 Å². The van der Waals surface area contributed by atoms with Crippen molar-refractivity contribution in [2.75, 3.05) is 7.11 Å². The molecule has 0 aromatic heterocycles. The molecular formula is C18H24N2O3. The van der Waals surface area contributed by atoms with Crippen LogP contribution in [0.5, 0.6) is 5.75 Å². The molecule has 0 saturated heterocycles. The summed E-state index contributed by atoms with van der Waals surface area (Å²) < 4.78 is 5.28. The van der Waals surface area contributed by atoms with Crippen molar-refractivity contribution in [1.29, 1.82) is 0 Å². The monoisotopic (exact) mass is 316 g/mol. The lowest BCUT2D eigenvalue weighted by Crippen LogP contribution is -2.45. The zero-order chi connectivity index (χ0) is 16.3. The summed E-state index contributed by atoms with van der Waals surface area (Å²) >= 11 is 0. The number of rotatable bonds is 6. The fourth-order valence-corrected chi connectivity index (χ4v) is 3.27. The minimum atomic E-state index is -0.843. The topological polar surface area (TPSA) is 67.4 Å². The van der Waals surface area contributed by atoms with Crippen LogP contribution in [-0.4, -0.2) is 25.0 Å². The molecule has 1 aromatic rings. The highest BCUT2D eigenvalue weighted by Gasteiger charge is 2.56. The molecular weight excluding hydrogens is 292 g/mol. The van der Waals surface area contributed by atoms with E-state index < -0.39 is 5.41 Å². The average Bonchev–Trinajstić information content (AvgIpc) is 3.24. The van der Waals surface area contributed by atoms with E-state index in [9.17, 15) is 9.59 Å². The number of ether oxygens (including phenoxy) is 1. The molecule has 0 heterocycles. The lowest BCUT2D eigenvalue weighted by Gasteiger charge is -2.19. The first-order chi connectivity index (χ1) is 11.2. The van der Waals surface area contributed by atoms with Crippen molar-refractivity contribution in [2.24, 2.45) is 5.41 Å². The second kappa shape index (κ2) is 6.60. The fourth-order valence-electron chi connectivity index (χ4n) is 3.27. The van der Waals surface area contributed by atoms with E-state index in [4.69, 9.17) is 4.74 Å². The predicted octanol–water partition coefficient (Wildman–Crippen LogP) is 2.15. The Balaban J connectivity index is 1.57. The molecule has 124 valence electrons. The van der Waals surface area contributed by atoms with Crippen LogP contribution in [0.3, 0.4) is 0 Å². The van der Waals surface area contributed by atoms with Gasteiger partial charge in [-0.1, -0.05) is 31.0 Å². The quantitative estimate of drug-likeness (QED) is 0.790. The van der Waals surface area contributed by atoms with Gasteiger partial charge >= 0.3 is 0 Å². The third kappa shape index (κ3) is 3.33. The van der Waals surface area contributed by atoms with Crippen molar-refractivity contribution in [3.63, 3.8) is 0 Å². The molecule has 0 atom stereocenters. The normalized spacial score (nSPS) is 19.2. The summed E-state index contributed by atoms with van der Waals surface area (Å²) in [4.78, 5) is 25.0. The Morgan fingerprint density at radius 1 is 1.17 bits per heavy atom. The smallest absolute Gasteiger partial charge is 0.235 e. The molecule has 2 aliphatic rings. The number of benzene rings is 1. The van der Waals surface area contributed by atoms with Crippen molar-refractivity contribution in [1.82, 2.24) is 10.6 Å². The number of carbonyl (C=O) groups excluding carboxylic acids is 2. The summed E-state index contributed by atoms with van der Waals surface area (Å²) in [7, 11) is 1.61. The number of para-hydroxylation sites is 1. The van der Waals surface area contributed by atoms with Gasteiger partial charge in [-0.15, -0.1) is 0 Å². The number of nitrogens with one attached hydrogen (secondary N) is 2. The van der Waals surface area contributed by atoms with Crippen molar-refractivity contribution in [3.05, 3.63) is 29.8 Å². The lowest BCUT2D eigenvalue weighted by atomic mass is 10.0. The number of amides is 2. The first-order valence-electron chi connectivity index (χ1n) is 8.37. The van der Waals surface area contributed by atoms with Crippen LogP contribution in [0.2, 0.25) is 0 Å². The van der Waals surface area contributed by atoms with Gasteiger partial charge < -0.3 is 15.4 Å². The standard InChI is InChI=1S/C18H24N2O3/c1-23-15-9-5-2-6-13(15)12-19-16(21)18(10-11-18)17(22)20-14-7-3-4-8-14/h2,5-6,9,14H,3-4,7-8,10-12H2,1H3,(H,19,21)(H,20,22). The second-order valence-corrected chi connectivity index (χ2v) is 6.53. The summed E-state index contributed by atoms with van der Waals surface area (Å²) in [5.41, 5.74) is 0.0697. The van der Waals surface area contributed by atoms with Gasteiger partial charge in [-0.3, -0.25) is 9.59 Å². The van der Waals surface area contributed by atoms with E-state index in [2.05, 4.69) is 10.6 Å². The van der Waals surface area contributed by atoms with Crippen LogP contribution in [0.15, 0.2) is 24.3 Å². The summed E-state index contributed by atoms with van der Waals surface area (Å²) in [6.07, 6.45) is 5.68. The Kier molecular flexibility index (Phi) is 4.55. The van der Waals surface area contributed by atoms with Gasteiger partial charge in [-0.05, 0) is 31.7 Å². The van der Waals surface area contributed by atoms with Crippen LogP contribution in [0.25, 0.3) is 0 Å². The van der Waals surface area contributed by atoms with Gasteiger partial charge in [0.25, 0.3) is 0 Å². The molecule has 0 radical (unpaired) electrons. The van der Waals surface area contributed by atoms with E-state index in [0.29, 0.717) is 19.4 Å². The van der Waals surface area contributed by atoms with Gasteiger partial charge in [-0.2, -0.15) is 0 Å². The Bertz CT molecular complexity index is 590. The van der Waals surface area contributed by atoms with Gasteiger partial charge in [0, 0.05) is 18.2 Å². The lowest BCUT2D eigenvalue weighted by molar-refractivity contribution is -0.137. The summed E-state index contributed by atoms with van der Waals surface area (Å²) in [5, 5.41) is 5.96. The zero-order valence-electron chi connectivity index (χ0n) is 13.6. The number of hydrogen-bond donors (Lipinski definition) is 2. The molecule has 2 saturated carbocycles. The molecule has 0 bridgehead atoms. The summed E-state index contributed by atoms with van der Waals surface area (Å²) in [6.45, 7) is 0.376. The summed E-state index contributed by atoms with van der Waals surface area (Å²) in [6, 6.07) is 7.83. The van der Waals surface area contributed by atoms with Crippen molar-refractivity contribution >= 4 is 11.8 Å². The molecule has 1 aromatic carbocycles. The molecule has 0 spiro atoms. The van der Waals surface area contributed by atoms with Crippen molar-refractivity contribution < 1.29 is 14.3 Å². The Morgan fingerprint density at radius 2 is 1.87 bits per heavy atom. The first kappa shape index (κ1) is 15.8. The van der Waals surface area contributed by atoms with E-state index in [1.54, 1.807) is 7.11 Å². The summed E-state index contributed by atoms with van der Waals surface area (Å²) in [5.74, 6) is 0.480. The molecule has 5 heteroatoms. The van der Waals surface area contributed by atoms with Crippen LogP contribution in [0.4, 0.5) is 0 Å². The Morgan fingerprint density at radius 3 is 2.52 bits per heavy atom. The second-order valence-electron chi connectivity index (χ2n) is 6.53. The van der Waals surface area contributed by atoms with Crippen LogP contribution in [0, 0.1) is 5.41 Å². The van der Waals surface area contributed by atoms with Gasteiger partial charge in [0.1, 0.15) is 11.2 Å². The van der Waals surface area contributed by atoms with Gasteiger partial charge in [0.2, 0.25) is 11.8 Å². The van der Waals surface area contributed by atoms with E-state index in [1.807, 2.05) is 24.3 Å². The van der Waals surface area contributed by atoms with Crippen LogP contribution in [-0.2, 0) is 16.1 Å². The van der Waals surface area contributed by atoms with Gasteiger partial charge in [0.05, 0.1) is 7.11 Å². The van der Waals surface area contributed by atoms with Crippen LogP contribution < -0.4 is 15.4 Å². The zero-order valence-corrected chi connectivity index (χ0v) is 13.6. The molecule has 2 amide bonds. The SMILES string of the molecule is COc1ccccc1CNC(=O)C1(C(=O)NC2CCCC2)CC1. The van der Waals surface area contributed by atoms with Crippen LogP contribution in [0.1, 0.15) is 44.1 Å². The van der Waals surface area contributed by atoms with E-state index in [0.717, 1.165) is 37.0 Å². The first-order valence-corrected chi connectivity index (χ1v) is 8.37. The van der Waals surface area contributed by atoms with E-state index >= 15 is 0 Å². The number of methoxy groups -OCH3 is 1. The predicted molar refractivity (Wildman–Crippen MR) is 86.9 cm³/mol. The van der Waals surface area contributed by atoms with Crippen molar-refractivity contribution in [3.8, 4) is 5.75 Å². The number of carbonyl (C=O) groups is 2. The molecule has 2 N–H and O–H groups in total. The maximum atomic E-state index is 12.5. The van der Waals surface area contributed by atoms with Crippen molar-refractivity contribution in [2.45, 2.75) is 51.1 Å². The largest absolute Gasteiger partial charge is 0.496 e. The maximum absolute atomic E-state index is 12.5. The Hall–Kier alpha value is -2.04. The highest BCUT2D eigenvalue weighted by molar-refractivity contribution is 6.07. The van der Waals surface area contributed by atoms with E-state index in [1.165, 1.54) is 0 Å². The minimum Gasteiger partial charge on any atom is -0.496 e. The molecule has 3 rings (SSSR count). The molecule has 5 nitrogen and oxygen atoms in total. The highest BCUT2D eigenvalue weighted by atomic mass is 16.5. The highest BCUT2D eigenvalue weighted by Crippen LogP contribution is 2.46. The third-order valence-corrected chi connectivity index (χ3v) is 4.94. The molecule has 2 aliphatic carbocycles. The average molecular weight is 316 g/mol. The molecule has 2 fully saturated rings. The third-order valence-electron chi connectivity index (χ3n) is 4.94.